The van der Waals surface area contributed by atoms with Gasteiger partial charge in [-0.3, -0.25) is 4.79 Å². The Labute approximate surface area is 155 Å². The normalized spacial score (nSPS) is 13.5. The van der Waals surface area contributed by atoms with Crippen LogP contribution in [0.15, 0.2) is 60.7 Å². The summed E-state index contributed by atoms with van der Waals surface area (Å²) < 4.78 is 0. The van der Waals surface area contributed by atoms with Gasteiger partial charge in [-0.05, 0) is 53.6 Å². The third kappa shape index (κ3) is 5.44. The van der Waals surface area contributed by atoms with E-state index in [-0.39, 0.29) is 16.3 Å². The van der Waals surface area contributed by atoms with Gasteiger partial charge < -0.3 is 0 Å². The van der Waals surface area contributed by atoms with Crippen LogP contribution in [0.3, 0.4) is 0 Å². The highest BCUT2D eigenvalue weighted by Crippen LogP contribution is 2.31. The molecule has 22 heavy (non-hydrogen) atoms. The molecule has 2 aromatic carbocycles. The van der Waals surface area contributed by atoms with Crippen molar-refractivity contribution in [3.05, 3.63) is 71.8 Å². The van der Waals surface area contributed by atoms with E-state index in [9.17, 15) is 4.79 Å². The monoisotopic (exact) mass is 458 g/mol. The van der Waals surface area contributed by atoms with Gasteiger partial charge in [0.2, 0.25) is 0 Å². The van der Waals surface area contributed by atoms with Crippen molar-refractivity contribution in [3.8, 4) is 0 Å². The van der Waals surface area contributed by atoms with E-state index in [0.717, 1.165) is 12.8 Å². The second kappa shape index (κ2) is 9.81. The molecule has 0 saturated carbocycles. The van der Waals surface area contributed by atoms with Crippen LogP contribution in [0.25, 0.3) is 0 Å². The van der Waals surface area contributed by atoms with Crippen molar-refractivity contribution >= 4 is 55.8 Å². The first-order valence-corrected chi connectivity index (χ1v) is 12.4. The second-order valence-corrected chi connectivity index (χ2v) is 8.67. The zero-order valence-electron chi connectivity index (χ0n) is 11.8. The fourth-order valence-corrected chi connectivity index (χ4v) is 5.22. The molecule has 0 amide bonds. The lowest BCUT2D eigenvalue weighted by atomic mass is 10.0. The Morgan fingerprint density at radius 1 is 0.773 bits per heavy atom. The number of carbonyl (C=O) groups is 1. The molecule has 0 heterocycles. The van der Waals surface area contributed by atoms with Crippen molar-refractivity contribution in [2.75, 3.05) is 0 Å². The number of hydrogen-bond acceptors (Lipinski definition) is 3. The maximum atomic E-state index is 12.8. The van der Waals surface area contributed by atoms with Gasteiger partial charge in [0, 0.05) is 0 Å². The van der Waals surface area contributed by atoms with Gasteiger partial charge in [0.1, 0.15) is 0 Å². The third-order valence-electron chi connectivity index (χ3n) is 3.38. The molecule has 2 atom stereocenters. The first-order chi connectivity index (χ1) is 10.7. The lowest BCUT2D eigenvalue weighted by Crippen LogP contribution is -2.30. The summed E-state index contributed by atoms with van der Waals surface area (Å²) in [4.78, 5) is 12.8. The van der Waals surface area contributed by atoms with E-state index in [1.165, 1.54) is 31.5 Å². The number of hydrogen-bond donors (Lipinski definition) is 0. The molecular formula is C17H16Br2OS2. The molecule has 0 aliphatic carbocycles. The first kappa shape index (κ1) is 18.1. The van der Waals surface area contributed by atoms with Crippen LogP contribution < -0.4 is 0 Å². The molecule has 0 spiro atoms. The molecule has 0 radical (unpaired) electrons. The number of ketones is 1. The van der Waals surface area contributed by atoms with E-state index in [4.69, 9.17) is 0 Å². The molecule has 2 unspecified atom stereocenters. The van der Waals surface area contributed by atoms with Crippen LogP contribution in [0, 0.1) is 0 Å². The minimum atomic E-state index is -0.0823. The fourth-order valence-electron chi connectivity index (χ4n) is 2.22. The average molecular weight is 460 g/mol. The van der Waals surface area contributed by atoms with Crippen molar-refractivity contribution < 1.29 is 4.79 Å². The number of rotatable bonds is 8. The predicted molar refractivity (Wildman–Crippen MR) is 106 cm³/mol. The van der Waals surface area contributed by atoms with E-state index >= 15 is 0 Å². The molecule has 0 aliphatic rings. The number of Topliss-reactive ketones (excluding diaryl/α,β-unsaturated/α-hetero) is 1. The molecule has 5 heteroatoms. The lowest BCUT2D eigenvalue weighted by molar-refractivity contribution is -0.118. The van der Waals surface area contributed by atoms with Gasteiger partial charge in [0.05, 0.1) is 10.5 Å². The molecule has 0 aromatic heterocycles. The Bertz CT molecular complexity index is 526. The summed E-state index contributed by atoms with van der Waals surface area (Å²) in [6.07, 6.45) is 1.49. The van der Waals surface area contributed by atoms with Crippen LogP contribution in [0.1, 0.15) is 11.1 Å². The van der Waals surface area contributed by atoms with Crippen LogP contribution in [0.2, 0.25) is 0 Å². The van der Waals surface area contributed by atoms with Crippen LogP contribution in [0.4, 0.5) is 0 Å². The van der Waals surface area contributed by atoms with E-state index in [1.807, 2.05) is 36.4 Å². The lowest BCUT2D eigenvalue weighted by Gasteiger charge is -2.18. The van der Waals surface area contributed by atoms with Gasteiger partial charge in [-0.25, -0.2) is 0 Å². The van der Waals surface area contributed by atoms with Crippen molar-refractivity contribution in [2.24, 2.45) is 0 Å². The second-order valence-electron chi connectivity index (χ2n) is 4.94. The van der Waals surface area contributed by atoms with Gasteiger partial charge in [-0.2, -0.15) is 0 Å². The predicted octanol–water partition coefficient (Wildman–Crippen LogP) is 5.86. The molecule has 116 valence electrons. The molecule has 1 nitrogen and oxygen atoms in total. The van der Waals surface area contributed by atoms with E-state index < -0.39 is 0 Å². The van der Waals surface area contributed by atoms with Crippen LogP contribution in [0.5, 0.6) is 0 Å². The van der Waals surface area contributed by atoms with Gasteiger partial charge in [-0.1, -0.05) is 81.1 Å². The average Bonchev–Trinajstić information content (AvgIpc) is 2.59. The summed E-state index contributed by atoms with van der Waals surface area (Å²) in [5, 5.41) is -0.165. The zero-order valence-corrected chi connectivity index (χ0v) is 16.6. The summed E-state index contributed by atoms with van der Waals surface area (Å²) in [6.45, 7) is 0. The number of carbonyl (C=O) groups excluding carboxylic acids is 1. The van der Waals surface area contributed by atoms with Crippen molar-refractivity contribution in [3.63, 3.8) is 0 Å². The molecule has 0 N–H and O–H groups in total. The molecular weight excluding hydrogens is 444 g/mol. The van der Waals surface area contributed by atoms with Crippen LogP contribution in [-0.2, 0) is 17.6 Å². The summed E-state index contributed by atoms with van der Waals surface area (Å²) in [5.74, 6) is 0.261. The summed E-state index contributed by atoms with van der Waals surface area (Å²) in [7, 11) is 2.91. The Balaban J connectivity index is 2.05. The molecule has 0 fully saturated rings. The van der Waals surface area contributed by atoms with Crippen LogP contribution in [-0.4, -0.2) is 16.3 Å². The highest BCUT2D eigenvalue weighted by Gasteiger charge is 2.27. The minimum Gasteiger partial charge on any atom is -0.297 e. The van der Waals surface area contributed by atoms with E-state index in [1.54, 1.807) is 0 Å². The van der Waals surface area contributed by atoms with Gasteiger partial charge in [0.15, 0.2) is 5.78 Å². The Hall–Kier alpha value is -0.230. The van der Waals surface area contributed by atoms with Gasteiger partial charge in [-0.15, -0.1) is 0 Å². The van der Waals surface area contributed by atoms with Gasteiger partial charge >= 0.3 is 0 Å². The standard InChI is InChI=1S/C17H16Br2OS2/c18-21-15(11-13-7-3-1-4-8-13)17(20)16(22-19)12-14-9-5-2-6-10-14/h1-10,15-16H,11-12H2. The van der Waals surface area contributed by atoms with Crippen molar-refractivity contribution in [2.45, 2.75) is 23.3 Å². The molecule has 2 rings (SSSR count). The Morgan fingerprint density at radius 3 is 1.45 bits per heavy atom. The fraction of sp³-hybridized carbons (Fsp3) is 0.235. The minimum absolute atomic E-state index is 0.0823. The topological polar surface area (TPSA) is 17.1 Å². The van der Waals surface area contributed by atoms with Gasteiger partial charge in [0.25, 0.3) is 0 Å². The molecule has 2 aromatic rings. The Morgan fingerprint density at radius 2 is 1.14 bits per heavy atom. The maximum Gasteiger partial charge on any atom is 0.161 e. The summed E-state index contributed by atoms with van der Waals surface area (Å²) in [5.41, 5.74) is 2.37. The van der Waals surface area contributed by atoms with Crippen molar-refractivity contribution in [1.29, 1.82) is 0 Å². The van der Waals surface area contributed by atoms with E-state index in [0.29, 0.717) is 0 Å². The summed E-state index contributed by atoms with van der Waals surface area (Å²) in [6, 6.07) is 20.3. The van der Waals surface area contributed by atoms with Crippen molar-refractivity contribution in [1.82, 2.24) is 0 Å². The smallest absolute Gasteiger partial charge is 0.161 e. The SMILES string of the molecule is O=C(C(Cc1ccccc1)SBr)C(Cc1ccccc1)SBr. The summed E-state index contributed by atoms with van der Waals surface area (Å²) >= 11 is 6.86. The molecule has 0 bridgehead atoms. The highest BCUT2D eigenvalue weighted by atomic mass is 79.9. The largest absolute Gasteiger partial charge is 0.297 e. The number of benzene rings is 2. The maximum absolute atomic E-state index is 12.8. The molecule has 0 aliphatic heterocycles. The third-order valence-corrected chi connectivity index (χ3v) is 7.31. The van der Waals surface area contributed by atoms with E-state index in [2.05, 4.69) is 53.9 Å². The number of halogens is 2. The first-order valence-electron chi connectivity index (χ1n) is 6.91. The zero-order chi connectivity index (χ0) is 15.8. The van der Waals surface area contributed by atoms with Crippen LogP contribution >= 0.6 is 50.0 Å². The quantitative estimate of drug-likeness (QED) is 0.491. The molecule has 0 saturated heterocycles. The highest BCUT2D eigenvalue weighted by molar-refractivity contribution is 9.50. The Kier molecular flexibility index (Phi) is 8.08.